The van der Waals surface area contributed by atoms with Gasteiger partial charge in [0.25, 0.3) is 0 Å². The van der Waals surface area contributed by atoms with Crippen molar-refractivity contribution >= 4 is 5.97 Å². The van der Waals surface area contributed by atoms with E-state index in [-0.39, 0.29) is 5.97 Å². The number of rotatable bonds is 0. The van der Waals surface area contributed by atoms with Crippen molar-refractivity contribution in [2.75, 3.05) is 0 Å². The third kappa shape index (κ3) is 0.598. The monoisotopic (exact) mass is 178 g/mol. The molecule has 3 bridgehead atoms. The van der Waals surface area contributed by atoms with Crippen LogP contribution in [0.2, 0.25) is 0 Å². The van der Waals surface area contributed by atoms with Crippen molar-refractivity contribution in [1.29, 1.82) is 0 Å². The van der Waals surface area contributed by atoms with Crippen molar-refractivity contribution in [1.82, 2.24) is 0 Å². The minimum Gasteiger partial charge on any atom is -0.462 e. The highest BCUT2D eigenvalue weighted by Crippen LogP contribution is 2.68. The lowest BCUT2D eigenvalue weighted by Crippen LogP contribution is -2.28. The second kappa shape index (κ2) is 1.79. The summed E-state index contributed by atoms with van der Waals surface area (Å²) in [7, 11) is 0. The van der Waals surface area contributed by atoms with E-state index < -0.39 is 0 Å². The van der Waals surface area contributed by atoms with Crippen molar-refractivity contribution in [3.8, 4) is 0 Å². The van der Waals surface area contributed by atoms with Gasteiger partial charge in [-0.2, -0.15) is 0 Å². The van der Waals surface area contributed by atoms with E-state index >= 15 is 0 Å². The van der Waals surface area contributed by atoms with Crippen LogP contribution < -0.4 is 0 Å². The largest absolute Gasteiger partial charge is 0.462 e. The fourth-order valence-corrected chi connectivity index (χ4v) is 4.75. The Morgan fingerprint density at radius 2 is 1.92 bits per heavy atom. The molecule has 2 heteroatoms. The Hall–Kier alpha value is -0.530. The molecule has 0 radical (unpaired) electrons. The number of carbonyl (C=O) groups excluding carboxylic acids is 1. The molecule has 2 nitrogen and oxygen atoms in total. The molecule has 0 N–H and O–H groups in total. The first-order chi connectivity index (χ1) is 6.28. The minimum atomic E-state index is 0.132. The molecule has 1 saturated heterocycles. The second-order valence-electron chi connectivity index (χ2n) is 5.56. The fraction of sp³-hybridized carbons (Fsp3) is 0.909. The maximum Gasteiger partial charge on any atom is 0.309 e. The molecule has 70 valence electrons. The lowest BCUT2D eigenvalue weighted by Gasteiger charge is -2.28. The Morgan fingerprint density at radius 1 is 1.15 bits per heavy atom. The molecule has 1 spiro atoms. The van der Waals surface area contributed by atoms with Gasteiger partial charge >= 0.3 is 5.97 Å². The second-order valence-corrected chi connectivity index (χ2v) is 5.56. The zero-order chi connectivity index (χ0) is 8.63. The molecule has 4 fully saturated rings. The van der Waals surface area contributed by atoms with Crippen molar-refractivity contribution in [3.63, 3.8) is 0 Å². The lowest BCUT2D eigenvalue weighted by molar-refractivity contribution is -0.144. The van der Waals surface area contributed by atoms with E-state index in [0.29, 0.717) is 17.4 Å². The van der Waals surface area contributed by atoms with Gasteiger partial charge in [0.15, 0.2) is 0 Å². The van der Waals surface area contributed by atoms with E-state index in [1.165, 1.54) is 25.7 Å². The molecular weight excluding hydrogens is 164 g/mol. The number of hydrogen-bond donors (Lipinski definition) is 0. The van der Waals surface area contributed by atoms with Gasteiger partial charge in [-0.3, -0.25) is 4.79 Å². The van der Waals surface area contributed by atoms with E-state index in [0.717, 1.165) is 18.3 Å². The van der Waals surface area contributed by atoms with E-state index in [2.05, 4.69) is 0 Å². The van der Waals surface area contributed by atoms with Gasteiger partial charge in [-0.15, -0.1) is 0 Å². The predicted molar refractivity (Wildman–Crippen MR) is 45.9 cm³/mol. The number of esters is 1. The Labute approximate surface area is 77.6 Å². The van der Waals surface area contributed by atoms with Crippen LogP contribution in [0, 0.1) is 23.2 Å². The summed E-state index contributed by atoms with van der Waals surface area (Å²) in [4.78, 5) is 11.6. The lowest BCUT2D eigenvalue weighted by atomic mass is 9.73. The first-order valence-corrected chi connectivity index (χ1v) is 5.48. The third-order valence-electron chi connectivity index (χ3n) is 5.00. The summed E-state index contributed by atoms with van der Waals surface area (Å²) in [6.07, 6.45) is 6.62. The summed E-state index contributed by atoms with van der Waals surface area (Å²) >= 11 is 0. The van der Waals surface area contributed by atoms with Crippen LogP contribution >= 0.6 is 0 Å². The fourth-order valence-electron chi connectivity index (χ4n) is 4.75. The molecule has 1 heterocycles. The molecule has 4 rings (SSSR count). The molecule has 4 aliphatic rings. The highest BCUT2D eigenvalue weighted by atomic mass is 16.6. The summed E-state index contributed by atoms with van der Waals surface area (Å²) in [5.74, 6) is 2.19. The molecule has 0 amide bonds. The van der Waals surface area contributed by atoms with E-state index in [1.54, 1.807) is 0 Å². The zero-order valence-electron chi connectivity index (χ0n) is 7.66. The van der Waals surface area contributed by atoms with Crippen LogP contribution in [0.4, 0.5) is 0 Å². The van der Waals surface area contributed by atoms with Crippen LogP contribution in [0.5, 0.6) is 0 Å². The molecule has 13 heavy (non-hydrogen) atoms. The Balaban J connectivity index is 1.90. The van der Waals surface area contributed by atoms with Gasteiger partial charge in [0, 0.05) is 5.41 Å². The van der Waals surface area contributed by atoms with Crippen LogP contribution in [0.15, 0.2) is 0 Å². The van der Waals surface area contributed by atoms with Crippen LogP contribution in [0.25, 0.3) is 0 Å². The number of fused-ring (bicyclic) bond motifs is 2. The van der Waals surface area contributed by atoms with Crippen LogP contribution in [0.1, 0.15) is 32.1 Å². The van der Waals surface area contributed by atoms with Gasteiger partial charge < -0.3 is 4.74 Å². The van der Waals surface area contributed by atoms with Gasteiger partial charge in [0.2, 0.25) is 0 Å². The molecule has 3 aliphatic carbocycles. The topological polar surface area (TPSA) is 26.3 Å². The SMILES string of the molecule is O=C1OC2CC3CC4CC1C2(C3)C4. The van der Waals surface area contributed by atoms with Crippen molar-refractivity contribution < 1.29 is 9.53 Å². The van der Waals surface area contributed by atoms with Crippen LogP contribution in [-0.2, 0) is 9.53 Å². The van der Waals surface area contributed by atoms with E-state index in [9.17, 15) is 4.79 Å². The normalized spacial score (nSPS) is 61.4. The molecule has 0 aromatic heterocycles. The minimum absolute atomic E-state index is 0.132. The van der Waals surface area contributed by atoms with Crippen molar-refractivity contribution in [2.45, 2.75) is 38.2 Å². The Bertz CT molecular complexity index is 294. The molecule has 1 aliphatic heterocycles. The smallest absolute Gasteiger partial charge is 0.309 e. The highest BCUT2D eigenvalue weighted by molar-refractivity contribution is 5.77. The van der Waals surface area contributed by atoms with E-state index in [4.69, 9.17) is 4.74 Å². The molecule has 0 aromatic rings. The molecule has 0 aromatic carbocycles. The number of carbonyl (C=O) groups is 1. The third-order valence-corrected chi connectivity index (χ3v) is 5.00. The predicted octanol–water partition coefficient (Wildman–Crippen LogP) is 1.74. The molecule has 3 saturated carbocycles. The Morgan fingerprint density at radius 3 is 2.77 bits per heavy atom. The standard InChI is InChI=1S/C11H14O2/c12-10-8-2-6-1-7-3-9(13-10)11(8,4-6)5-7/h6-9H,1-5H2. The van der Waals surface area contributed by atoms with Crippen LogP contribution in [0.3, 0.4) is 0 Å². The van der Waals surface area contributed by atoms with Gasteiger partial charge in [-0.1, -0.05) is 0 Å². The average molecular weight is 178 g/mol. The average Bonchev–Trinajstić information content (AvgIpc) is 2.57. The maximum absolute atomic E-state index is 11.6. The summed E-state index contributed by atoms with van der Waals surface area (Å²) < 4.78 is 5.50. The summed E-state index contributed by atoms with van der Waals surface area (Å²) in [5.41, 5.74) is 0.338. The molecule has 5 atom stereocenters. The first kappa shape index (κ1) is 6.86. The Kier molecular flexibility index (Phi) is 0.946. The van der Waals surface area contributed by atoms with Gasteiger partial charge in [0.1, 0.15) is 6.10 Å². The van der Waals surface area contributed by atoms with Gasteiger partial charge in [0.05, 0.1) is 5.92 Å². The summed E-state index contributed by atoms with van der Waals surface area (Å²) in [6, 6.07) is 0. The molecular formula is C11H14O2. The first-order valence-electron chi connectivity index (χ1n) is 5.48. The zero-order valence-corrected chi connectivity index (χ0v) is 7.66. The van der Waals surface area contributed by atoms with Crippen molar-refractivity contribution in [3.05, 3.63) is 0 Å². The molecule has 5 unspecified atom stereocenters. The van der Waals surface area contributed by atoms with Gasteiger partial charge in [-0.05, 0) is 43.9 Å². The number of ether oxygens (including phenoxy) is 1. The van der Waals surface area contributed by atoms with E-state index in [1.807, 2.05) is 0 Å². The quantitative estimate of drug-likeness (QED) is 0.528. The van der Waals surface area contributed by atoms with Crippen LogP contribution in [-0.4, -0.2) is 12.1 Å². The highest BCUT2D eigenvalue weighted by Gasteiger charge is 2.67. The summed E-state index contributed by atoms with van der Waals surface area (Å²) in [5, 5.41) is 0. The van der Waals surface area contributed by atoms with Gasteiger partial charge in [-0.25, -0.2) is 0 Å². The number of hydrogen-bond acceptors (Lipinski definition) is 2. The maximum atomic E-state index is 11.6. The van der Waals surface area contributed by atoms with Crippen molar-refractivity contribution in [2.24, 2.45) is 23.2 Å². The summed E-state index contributed by atoms with van der Waals surface area (Å²) in [6.45, 7) is 0.